The highest BCUT2D eigenvalue weighted by atomic mass is 16.3. The summed E-state index contributed by atoms with van der Waals surface area (Å²) in [5, 5.41) is 17.4. The molecular formula is C10H9N2O2+. The number of rotatable bonds is 2. The Morgan fingerprint density at radius 2 is 1.86 bits per heavy atom. The van der Waals surface area contributed by atoms with Gasteiger partial charge in [-0.1, -0.05) is 24.3 Å². The molecule has 0 saturated carbocycles. The molecule has 0 aliphatic rings. The van der Waals surface area contributed by atoms with Crippen molar-refractivity contribution in [2.45, 2.75) is 6.92 Å². The third-order valence-corrected chi connectivity index (χ3v) is 1.77. The molecule has 1 rings (SSSR count). The summed E-state index contributed by atoms with van der Waals surface area (Å²) in [6, 6.07) is 6.35. The fourth-order valence-electron chi connectivity index (χ4n) is 1.00. The third-order valence-electron chi connectivity index (χ3n) is 1.77. The van der Waals surface area contributed by atoms with Crippen LogP contribution >= 0.6 is 0 Å². The first-order chi connectivity index (χ1) is 6.65. The van der Waals surface area contributed by atoms with Crippen molar-refractivity contribution in [1.29, 1.82) is 5.39 Å². The summed E-state index contributed by atoms with van der Waals surface area (Å²) >= 11 is 0. The van der Waals surface area contributed by atoms with Gasteiger partial charge in [-0.15, -0.1) is 0 Å². The number of ketones is 1. The molecule has 4 nitrogen and oxygen atoms in total. The molecule has 0 aliphatic carbocycles. The van der Waals surface area contributed by atoms with E-state index in [9.17, 15) is 9.90 Å². The molecule has 1 aromatic rings. The molecule has 0 atom stereocenters. The van der Waals surface area contributed by atoms with Crippen molar-refractivity contribution in [3.63, 3.8) is 0 Å². The highest BCUT2D eigenvalue weighted by Crippen LogP contribution is 2.12. The monoisotopic (exact) mass is 189 g/mol. The van der Waals surface area contributed by atoms with Crippen LogP contribution in [0.4, 0.5) is 0 Å². The van der Waals surface area contributed by atoms with E-state index in [2.05, 4.69) is 4.98 Å². The Balaban J connectivity index is 3.01. The van der Waals surface area contributed by atoms with E-state index >= 15 is 0 Å². The van der Waals surface area contributed by atoms with Gasteiger partial charge in [0, 0.05) is 11.1 Å². The summed E-state index contributed by atoms with van der Waals surface area (Å²) in [4.78, 5) is 13.6. The molecule has 0 unspecified atom stereocenters. The van der Waals surface area contributed by atoms with E-state index in [1.165, 1.54) is 6.92 Å². The minimum absolute atomic E-state index is 0.0353. The van der Waals surface area contributed by atoms with E-state index < -0.39 is 0 Å². The summed E-state index contributed by atoms with van der Waals surface area (Å²) in [6.07, 6.45) is 0.919. The Bertz CT molecular complexity index is 413. The van der Waals surface area contributed by atoms with Crippen LogP contribution in [0.25, 0.3) is 10.7 Å². The highest BCUT2D eigenvalue weighted by Gasteiger charge is 2.04. The van der Waals surface area contributed by atoms with E-state index in [4.69, 9.17) is 5.39 Å². The van der Waals surface area contributed by atoms with Gasteiger partial charge < -0.3 is 5.11 Å². The molecule has 0 heterocycles. The number of diazo groups is 1. The predicted molar refractivity (Wildman–Crippen MR) is 52.1 cm³/mol. The number of carbonyl (C=O) groups excluding carboxylic acids is 1. The largest absolute Gasteiger partial charge is 0.501 e. The Kier molecular flexibility index (Phi) is 2.97. The topological polar surface area (TPSA) is 65.4 Å². The van der Waals surface area contributed by atoms with Crippen LogP contribution < -0.4 is 0 Å². The third kappa shape index (κ3) is 2.17. The summed E-state index contributed by atoms with van der Waals surface area (Å²) in [5.74, 6) is -0.186. The zero-order chi connectivity index (χ0) is 10.6. The van der Waals surface area contributed by atoms with E-state index in [1.807, 2.05) is 0 Å². The quantitative estimate of drug-likeness (QED) is 0.441. The molecule has 0 fully saturated rings. The van der Waals surface area contributed by atoms with Gasteiger partial charge in [-0.3, -0.25) is 4.79 Å². The minimum Gasteiger partial charge on any atom is -0.501 e. The van der Waals surface area contributed by atoms with Crippen LogP contribution in [0.5, 0.6) is 0 Å². The Hall–Kier alpha value is -2.15. The molecule has 1 aromatic carbocycles. The van der Waals surface area contributed by atoms with Gasteiger partial charge in [0.25, 0.3) is 0 Å². The zero-order valence-electron chi connectivity index (χ0n) is 7.64. The first-order valence-electron chi connectivity index (χ1n) is 4.00. The van der Waals surface area contributed by atoms with Crippen molar-refractivity contribution < 1.29 is 9.90 Å². The van der Waals surface area contributed by atoms with Crippen LogP contribution in [0.15, 0.2) is 30.5 Å². The minimum atomic E-state index is -0.150. The molecule has 0 bridgehead atoms. The Morgan fingerprint density at radius 1 is 1.36 bits per heavy atom. The van der Waals surface area contributed by atoms with Crippen LogP contribution in [-0.4, -0.2) is 10.9 Å². The smallest absolute Gasteiger partial charge is 0.392 e. The molecule has 70 valence electrons. The fourth-order valence-corrected chi connectivity index (χ4v) is 1.00. The van der Waals surface area contributed by atoms with Crippen LogP contribution in [-0.2, 0) is 0 Å². The van der Waals surface area contributed by atoms with Crippen molar-refractivity contribution in [2.24, 2.45) is 0 Å². The molecule has 0 radical (unpaired) electrons. The molecule has 0 spiro atoms. The summed E-state index contributed by atoms with van der Waals surface area (Å²) < 4.78 is 0. The Labute approximate surface area is 81.1 Å². The maximum atomic E-state index is 10.9. The standard InChI is InChI=1S/C10H8N2O2/c1-7(13)8-2-4-9(5-3-8)10(14)6-12-11/h2-6H,1H3/p+1/b10-6-. The van der Waals surface area contributed by atoms with Crippen LogP contribution in [0.1, 0.15) is 22.8 Å². The molecule has 0 aromatic heterocycles. The normalized spacial score (nSPS) is 10.7. The van der Waals surface area contributed by atoms with Gasteiger partial charge in [-0.2, -0.15) is 0 Å². The van der Waals surface area contributed by atoms with Gasteiger partial charge >= 0.3 is 6.20 Å². The lowest BCUT2D eigenvalue weighted by Crippen LogP contribution is -1.91. The van der Waals surface area contributed by atoms with Crippen molar-refractivity contribution in [3.8, 4) is 0 Å². The molecule has 0 aliphatic heterocycles. The SMILES string of the molecule is CC(=O)c1ccc(/C(O)=C/[N+]#N)cc1. The van der Waals surface area contributed by atoms with E-state index in [1.54, 1.807) is 24.3 Å². The number of carbonyl (C=O) groups is 1. The van der Waals surface area contributed by atoms with Crippen molar-refractivity contribution in [3.05, 3.63) is 46.6 Å². The second kappa shape index (κ2) is 4.19. The zero-order valence-corrected chi connectivity index (χ0v) is 7.64. The van der Waals surface area contributed by atoms with E-state index in [-0.39, 0.29) is 11.5 Å². The number of aliphatic hydroxyl groups is 1. The van der Waals surface area contributed by atoms with Gasteiger partial charge in [0.05, 0.1) is 0 Å². The molecule has 14 heavy (non-hydrogen) atoms. The number of aliphatic hydroxyl groups excluding tert-OH is 1. The van der Waals surface area contributed by atoms with Gasteiger partial charge in [0.2, 0.25) is 11.2 Å². The van der Waals surface area contributed by atoms with E-state index in [0.29, 0.717) is 11.1 Å². The summed E-state index contributed by atoms with van der Waals surface area (Å²) in [6.45, 7) is 1.47. The Morgan fingerprint density at radius 3 is 2.29 bits per heavy atom. The molecule has 0 saturated heterocycles. The lowest BCUT2D eigenvalue weighted by Gasteiger charge is -1.97. The maximum absolute atomic E-state index is 10.9. The first-order valence-corrected chi connectivity index (χ1v) is 4.00. The number of hydrogen-bond acceptors (Lipinski definition) is 3. The van der Waals surface area contributed by atoms with E-state index in [0.717, 1.165) is 6.20 Å². The molecule has 1 N–H and O–H groups in total. The lowest BCUT2D eigenvalue weighted by molar-refractivity contribution is 0.101. The maximum Gasteiger partial charge on any atom is 0.392 e. The molecule has 0 amide bonds. The van der Waals surface area contributed by atoms with Crippen LogP contribution in [0, 0.1) is 5.39 Å². The average molecular weight is 189 g/mol. The van der Waals surface area contributed by atoms with Crippen molar-refractivity contribution >= 4 is 11.5 Å². The highest BCUT2D eigenvalue weighted by molar-refractivity contribution is 5.94. The van der Waals surface area contributed by atoms with Crippen LogP contribution in [0.2, 0.25) is 0 Å². The number of nitrogens with zero attached hydrogens (tertiary/aromatic N) is 2. The first kappa shape index (κ1) is 9.93. The van der Waals surface area contributed by atoms with Crippen molar-refractivity contribution in [1.82, 2.24) is 0 Å². The van der Waals surface area contributed by atoms with Crippen LogP contribution in [0.3, 0.4) is 0 Å². The number of benzene rings is 1. The fraction of sp³-hybridized carbons (Fsp3) is 0.100. The van der Waals surface area contributed by atoms with Gasteiger partial charge in [-0.05, 0) is 6.92 Å². The van der Waals surface area contributed by atoms with Crippen molar-refractivity contribution in [2.75, 3.05) is 0 Å². The lowest BCUT2D eigenvalue weighted by atomic mass is 10.1. The van der Waals surface area contributed by atoms with Gasteiger partial charge in [0.15, 0.2) is 10.8 Å². The number of hydrogen-bond donors (Lipinski definition) is 1. The second-order valence-corrected chi connectivity index (χ2v) is 2.76. The molecule has 4 heteroatoms. The average Bonchev–Trinajstić information content (AvgIpc) is 2.18. The second-order valence-electron chi connectivity index (χ2n) is 2.76. The number of Topliss-reactive ketones (excluding diaryl/α,β-unsaturated/α-hetero) is 1. The summed E-state index contributed by atoms with van der Waals surface area (Å²) in [5.41, 5.74) is 1.07. The predicted octanol–water partition coefficient (Wildman–Crippen LogP) is 2.60. The summed E-state index contributed by atoms with van der Waals surface area (Å²) in [7, 11) is 0. The molecular weight excluding hydrogens is 180 g/mol. The van der Waals surface area contributed by atoms with Gasteiger partial charge in [-0.25, -0.2) is 0 Å². The van der Waals surface area contributed by atoms with Gasteiger partial charge in [0.1, 0.15) is 0 Å².